The number of nitrogens with zero attached hydrogens (tertiary/aromatic N) is 2. The van der Waals surface area contributed by atoms with E-state index >= 15 is 0 Å². The van der Waals surface area contributed by atoms with Crippen molar-refractivity contribution in [2.45, 2.75) is 100.0 Å². The van der Waals surface area contributed by atoms with Crippen molar-refractivity contribution < 1.29 is 42.9 Å². The summed E-state index contributed by atoms with van der Waals surface area (Å²) >= 11 is 0. The van der Waals surface area contributed by atoms with E-state index in [0.29, 0.717) is 12.3 Å². The van der Waals surface area contributed by atoms with Crippen LogP contribution in [0.2, 0.25) is 0 Å². The molecule has 10 nitrogen and oxygen atoms in total. The van der Waals surface area contributed by atoms with Gasteiger partial charge in [0.2, 0.25) is 5.78 Å². The van der Waals surface area contributed by atoms with E-state index in [0.717, 1.165) is 49.8 Å². The van der Waals surface area contributed by atoms with Gasteiger partial charge in [-0.25, -0.2) is 9.18 Å². The monoisotopic (exact) mass is 686 g/mol. The van der Waals surface area contributed by atoms with Crippen LogP contribution in [-0.4, -0.2) is 70.7 Å². The normalized spacial score (nSPS) is 13.8. The summed E-state index contributed by atoms with van der Waals surface area (Å²) < 4.78 is 23.9. The third-order valence-electron chi connectivity index (χ3n) is 7.06. The lowest BCUT2D eigenvalue weighted by Crippen LogP contribution is -2.49. The van der Waals surface area contributed by atoms with E-state index in [2.05, 4.69) is 4.98 Å². The average molecular weight is 687 g/mol. The van der Waals surface area contributed by atoms with Gasteiger partial charge in [0.15, 0.2) is 5.78 Å². The zero-order valence-electron chi connectivity index (χ0n) is 30.4. The fraction of sp³-hybridized carbons (Fsp3) is 0.526. The van der Waals surface area contributed by atoms with Crippen LogP contribution in [-0.2, 0) is 41.6 Å². The SMILES string of the molecule is CC.CC(=O)COc1cc(F)cc(CCCc2ccccn2)c1.CC(C)/C=C\C(=O)OCC(C)(C)C(=O)C(=O)N1CCCCC1C.O=CO. The second-order valence-corrected chi connectivity index (χ2v) is 12.3. The molecule has 1 atom stereocenters. The largest absolute Gasteiger partial charge is 0.486 e. The van der Waals surface area contributed by atoms with Gasteiger partial charge in [0, 0.05) is 36.6 Å². The van der Waals surface area contributed by atoms with Crippen LogP contribution < -0.4 is 4.74 Å². The fourth-order valence-corrected chi connectivity index (χ4v) is 4.51. The summed E-state index contributed by atoms with van der Waals surface area (Å²) in [6, 6.07) is 10.5. The predicted octanol–water partition coefficient (Wildman–Crippen LogP) is 6.83. The summed E-state index contributed by atoms with van der Waals surface area (Å²) in [6.45, 7) is 14.8. The van der Waals surface area contributed by atoms with Gasteiger partial charge in [-0.2, -0.15) is 0 Å². The number of rotatable bonds is 13. The maximum atomic E-state index is 13.5. The highest BCUT2D eigenvalue weighted by atomic mass is 19.1. The Balaban J connectivity index is 0.000000833. The second-order valence-electron chi connectivity index (χ2n) is 12.3. The maximum absolute atomic E-state index is 13.5. The van der Waals surface area contributed by atoms with E-state index in [-0.39, 0.29) is 43.2 Å². The molecule has 1 fully saturated rings. The van der Waals surface area contributed by atoms with Gasteiger partial charge in [0.1, 0.15) is 24.8 Å². The molecule has 1 aliphatic rings. The van der Waals surface area contributed by atoms with Crippen LogP contribution >= 0.6 is 0 Å². The number of aryl methyl sites for hydroxylation is 2. The van der Waals surface area contributed by atoms with Crippen molar-refractivity contribution in [3.8, 4) is 5.75 Å². The van der Waals surface area contributed by atoms with E-state index in [4.69, 9.17) is 19.4 Å². The number of benzene rings is 1. The van der Waals surface area contributed by atoms with Gasteiger partial charge in [0.25, 0.3) is 12.4 Å². The molecule has 1 aromatic heterocycles. The lowest BCUT2D eigenvalue weighted by molar-refractivity contribution is -0.155. The van der Waals surface area contributed by atoms with E-state index in [9.17, 15) is 23.6 Å². The number of likely N-dealkylation sites (tertiary alicyclic amines) is 1. The molecule has 1 saturated heterocycles. The number of allylic oxidation sites excluding steroid dienone is 1. The Kier molecular flexibility index (Phi) is 22.5. The molecule has 1 N–H and O–H groups in total. The van der Waals surface area contributed by atoms with Gasteiger partial charge in [-0.3, -0.25) is 24.2 Å². The number of amides is 1. The highest BCUT2D eigenvalue weighted by Crippen LogP contribution is 2.23. The molecule has 0 saturated carbocycles. The van der Waals surface area contributed by atoms with Gasteiger partial charge >= 0.3 is 5.97 Å². The van der Waals surface area contributed by atoms with Crippen LogP contribution in [0.5, 0.6) is 5.75 Å². The lowest BCUT2D eigenvalue weighted by atomic mass is 9.87. The molecule has 2 aromatic rings. The van der Waals surface area contributed by atoms with Crippen molar-refractivity contribution in [3.05, 3.63) is 71.8 Å². The topological polar surface area (TPSA) is 140 Å². The number of hydrogen-bond donors (Lipinski definition) is 1. The number of ether oxygens (including phenoxy) is 2. The van der Waals surface area contributed by atoms with E-state index < -0.39 is 23.1 Å². The smallest absolute Gasteiger partial charge is 0.330 e. The van der Waals surface area contributed by atoms with Gasteiger partial charge < -0.3 is 19.5 Å². The molecule has 1 aliphatic heterocycles. The molecule has 49 heavy (non-hydrogen) atoms. The lowest BCUT2D eigenvalue weighted by Gasteiger charge is -2.34. The molecule has 1 aromatic carbocycles. The Morgan fingerprint density at radius 3 is 2.35 bits per heavy atom. The third-order valence-corrected chi connectivity index (χ3v) is 7.06. The Morgan fingerprint density at radius 2 is 1.78 bits per heavy atom. The molecule has 1 unspecified atom stereocenters. The molecule has 272 valence electrons. The van der Waals surface area contributed by atoms with Crippen molar-refractivity contribution in [1.29, 1.82) is 0 Å². The Labute approximate surface area is 291 Å². The first-order valence-corrected chi connectivity index (χ1v) is 16.8. The number of carbonyl (C=O) groups excluding carboxylic acids is 4. The number of piperidine rings is 1. The van der Waals surface area contributed by atoms with Crippen LogP contribution in [0.3, 0.4) is 0 Å². The molecule has 3 rings (SSSR count). The van der Waals surface area contributed by atoms with Crippen LogP contribution in [0.1, 0.15) is 92.3 Å². The summed E-state index contributed by atoms with van der Waals surface area (Å²) in [6.07, 6.45) is 10.3. The Morgan fingerprint density at radius 1 is 1.10 bits per heavy atom. The molecular weight excluding hydrogens is 631 g/mol. The number of pyridine rings is 1. The summed E-state index contributed by atoms with van der Waals surface area (Å²) in [5.74, 6) is -1.22. The van der Waals surface area contributed by atoms with Crippen molar-refractivity contribution in [2.24, 2.45) is 11.3 Å². The molecule has 11 heteroatoms. The highest BCUT2D eigenvalue weighted by molar-refractivity contribution is 6.38. The number of carboxylic acid groups (broad SMARTS) is 1. The van der Waals surface area contributed by atoms with E-state index in [1.54, 1.807) is 37.1 Å². The van der Waals surface area contributed by atoms with E-state index in [1.165, 1.54) is 25.1 Å². The summed E-state index contributed by atoms with van der Waals surface area (Å²) in [5.41, 5.74) is 0.877. The number of carbonyl (C=O) groups is 5. The zero-order chi connectivity index (χ0) is 37.4. The molecule has 1 amide bonds. The third kappa shape index (κ3) is 19.2. The van der Waals surface area contributed by atoms with Crippen molar-refractivity contribution in [2.75, 3.05) is 19.8 Å². The standard InChI is InChI=1S/C18H29NO4.C17H18FNO2.C2H6.CH2O2/c1-13(2)9-10-15(20)23-12-18(4,5)16(21)17(22)19-11-7-6-8-14(19)3;1-13(20)12-21-17-10-14(9-15(18)11-17)5-4-7-16-6-2-3-8-19-16;1-2;2-1-3/h9-10,13-14H,6-8,11-12H2,1-5H3;2-3,6,8-11H,4-5,7,12H2,1H3;1-2H3;1H,(H,2,3)/b10-9-;;;. The van der Waals surface area contributed by atoms with Crippen LogP contribution in [0.15, 0.2) is 54.7 Å². The molecule has 0 spiro atoms. The molecular formula is C38H55FN2O8. The fourth-order valence-electron chi connectivity index (χ4n) is 4.51. The summed E-state index contributed by atoms with van der Waals surface area (Å²) in [4.78, 5) is 61.7. The number of esters is 1. The minimum absolute atomic E-state index is 0.0309. The van der Waals surface area contributed by atoms with Crippen LogP contribution in [0, 0.1) is 17.2 Å². The first-order valence-electron chi connectivity index (χ1n) is 16.8. The molecule has 0 aliphatic carbocycles. The van der Waals surface area contributed by atoms with Crippen molar-refractivity contribution >= 4 is 29.9 Å². The van der Waals surface area contributed by atoms with Gasteiger partial charge in [-0.15, -0.1) is 0 Å². The van der Waals surface area contributed by atoms with E-state index in [1.807, 2.05) is 52.8 Å². The quantitative estimate of drug-likeness (QED) is 0.104. The molecule has 2 heterocycles. The molecule has 0 radical (unpaired) electrons. The van der Waals surface area contributed by atoms with Crippen LogP contribution in [0.4, 0.5) is 4.39 Å². The van der Waals surface area contributed by atoms with Crippen LogP contribution in [0.25, 0.3) is 0 Å². The minimum atomic E-state index is -1.02. The van der Waals surface area contributed by atoms with Gasteiger partial charge in [0.05, 0.1) is 5.41 Å². The second kappa shape index (κ2) is 24.7. The summed E-state index contributed by atoms with van der Waals surface area (Å²) in [7, 11) is 0. The first-order chi connectivity index (χ1) is 23.2. The minimum Gasteiger partial charge on any atom is -0.486 e. The highest BCUT2D eigenvalue weighted by Gasteiger charge is 2.38. The number of Topliss-reactive ketones (excluding diaryl/α,β-unsaturated/α-hetero) is 2. The zero-order valence-corrected chi connectivity index (χ0v) is 30.4. The summed E-state index contributed by atoms with van der Waals surface area (Å²) in [5, 5.41) is 6.89. The van der Waals surface area contributed by atoms with Crippen molar-refractivity contribution in [1.82, 2.24) is 9.88 Å². The first kappa shape index (κ1) is 44.6. The van der Waals surface area contributed by atoms with Gasteiger partial charge in [-0.1, -0.05) is 39.8 Å². The Hall–Kier alpha value is -4.41. The number of aromatic nitrogens is 1. The number of hydrogen-bond acceptors (Lipinski definition) is 8. The van der Waals surface area contributed by atoms with Gasteiger partial charge in [-0.05, 0) is 102 Å². The average Bonchev–Trinajstić information content (AvgIpc) is 3.07. The maximum Gasteiger partial charge on any atom is 0.330 e. The number of halogens is 1. The predicted molar refractivity (Wildman–Crippen MR) is 188 cm³/mol. The van der Waals surface area contributed by atoms with Crippen molar-refractivity contribution in [3.63, 3.8) is 0 Å². The number of ketones is 2. The Bertz CT molecular complexity index is 1330. The molecule has 0 bridgehead atoms.